The summed E-state index contributed by atoms with van der Waals surface area (Å²) in [5, 5.41) is 2.70. The predicted molar refractivity (Wildman–Crippen MR) is 68.1 cm³/mol. The number of anilines is 1. The van der Waals surface area contributed by atoms with E-state index in [2.05, 4.69) is 5.32 Å². The minimum absolute atomic E-state index is 0.0529. The van der Waals surface area contributed by atoms with Crippen molar-refractivity contribution >= 4 is 34.2 Å². The van der Waals surface area contributed by atoms with Gasteiger partial charge in [0.25, 0.3) is 0 Å². The number of alkyl halides is 2. The fraction of sp³-hybridized carbons (Fsp3) is 0.364. The van der Waals surface area contributed by atoms with E-state index >= 15 is 0 Å². The second-order valence-electron chi connectivity index (χ2n) is 3.73. The van der Waals surface area contributed by atoms with E-state index in [0.717, 1.165) is 0 Å². The van der Waals surface area contributed by atoms with Crippen LogP contribution in [-0.2, 0) is 10.5 Å². The molecule has 0 unspecified atom stereocenters. The van der Waals surface area contributed by atoms with E-state index in [1.165, 1.54) is 13.8 Å². The Morgan fingerprint density at radius 1 is 1.40 bits per heavy atom. The Balaban J connectivity index is 2.77. The van der Waals surface area contributed by atoms with E-state index in [4.69, 9.17) is 0 Å². The number of amides is 1. The van der Waals surface area contributed by atoms with Gasteiger partial charge in [-0.1, -0.05) is 34.7 Å². The molecule has 1 aromatic carbocycles. The van der Waals surface area contributed by atoms with Crippen molar-refractivity contribution in [2.75, 3.05) is 9.74 Å². The van der Waals surface area contributed by atoms with Gasteiger partial charge in [0.05, 0.1) is 4.43 Å². The smallest absolute Gasteiger partial charge is 0.234 e. The second kappa shape index (κ2) is 4.92. The molecule has 82 valence electrons. The molecule has 0 atom stereocenters. The molecular formula is C11H13FINO. The molecule has 0 aromatic heterocycles. The summed E-state index contributed by atoms with van der Waals surface area (Å²) in [6.45, 7) is 3.01. The monoisotopic (exact) mass is 321 g/mol. The number of carbonyl (C=O) groups excluding carboxylic acids is 1. The first-order valence-electron chi connectivity index (χ1n) is 4.59. The zero-order chi connectivity index (χ0) is 11.5. The average Bonchev–Trinajstić information content (AvgIpc) is 2.17. The van der Waals surface area contributed by atoms with Crippen LogP contribution in [0.2, 0.25) is 0 Å². The summed E-state index contributed by atoms with van der Waals surface area (Å²) in [5.74, 6) is -0.0529. The van der Waals surface area contributed by atoms with Gasteiger partial charge < -0.3 is 5.32 Å². The molecule has 1 amide bonds. The quantitative estimate of drug-likeness (QED) is 0.672. The molecule has 1 N–H and O–H groups in total. The largest absolute Gasteiger partial charge is 0.325 e. The number of benzene rings is 1. The molecule has 0 spiro atoms. The van der Waals surface area contributed by atoms with Gasteiger partial charge in [0.2, 0.25) is 5.91 Å². The van der Waals surface area contributed by atoms with E-state index in [9.17, 15) is 9.18 Å². The van der Waals surface area contributed by atoms with Crippen LogP contribution in [0.4, 0.5) is 10.1 Å². The van der Waals surface area contributed by atoms with Gasteiger partial charge in [-0.25, -0.2) is 4.39 Å². The summed E-state index contributed by atoms with van der Waals surface area (Å²) in [5.41, 5.74) is -0.0362. The summed E-state index contributed by atoms with van der Waals surface area (Å²) in [6.07, 6.45) is 0. The molecule has 0 radical (unpaired) electrons. The van der Waals surface area contributed by atoms with Crippen molar-refractivity contribution in [2.24, 2.45) is 0 Å². The topological polar surface area (TPSA) is 29.1 Å². The third-order valence-electron chi connectivity index (χ3n) is 1.98. The number of carbonyl (C=O) groups is 1. The Bertz CT molecular complexity index is 343. The third-order valence-corrected chi connectivity index (χ3v) is 2.67. The Morgan fingerprint density at radius 3 is 2.33 bits per heavy atom. The van der Waals surface area contributed by atoms with Gasteiger partial charge in [0.15, 0.2) is 0 Å². The third kappa shape index (κ3) is 3.77. The van der Waals surface area contributed by atoms with Gasteiger partial charge in [-0.15, -0.1) is 0 Å². The minimum atomic E-state index is -1.34. The Labute approximate surface area is 102 Å². The van der Waals surface area contributed by atoms with E-state index in [-0.39, 0.29) is 5.91 Å². The minimum Gasteiger partial charge on any atom is -0.325 e. The van der Waals surface area contributed by atoms with Gasteiger partial charge in [-0.2, -0.15) is 0 Å². The van der Waals surface area contributed by atoms with Crippen LogP contribution in [-0.4, -0.2) is 10.3 Å². The lowest BCUT2D eigenvalue weighted by Gasteiger charge is -2.14. The normalized spacial score (nSPS) is 11.2. The first-order valence-corrected chi connectivity index (χ1v) is 6.11. The standard InChI is InChI=1S/C11H13FINO/c1-11(2,12)8-3-5-9(6-4-8)14-10(15)7-13/h3-6H,7H2,1-2H3,(H,14,15). The van der Waals surface area contributed by atoms with Crippen molar-refractivity contribution in [3.05, 3.63) is 29.8 Å². The highest BCUT2D eigenvalue weighted by Crippen LogP contribution is 2.25. The van der Waals surface area contributed by atoms with E-state index in [1.54, 1.807) is 24.3 Å². The van der Waals surface area contributed by atoms with E-state index in [0.29, 0.717) is 15.7 Å². The fourth-order valence-corrected chi connectivity index (χ4v) is 1.33. The molecule has 15 heavy (non-hydrogen) atoms. The van der Waals surface area contributed by atoms with Crippen LogP contribution in [0.5, 0.6) is 0 Å². The van der Waals surface area contributed by atoms with Crippen LogP contribution in [0.15, 0.2) is 24.3 Å². The highest BCUT2D eigenvalue weighted by Gasteiger charge is 2.17. The van der Waals surface area contributed by atoms with E-state index < -0.39 is 5.67 Å². The molecule has 0 aliphatic rings. The lowest BCUT2D eigenvalue weighted by atomic mass is 10.0. The molecule has 1 aromatic rings. The zero-order valence-electron chi connectivity index (χ0n) is 8.68. The maximum atomic E-state index is 13.5. The number of hydrogen-bond acceptors (Lipinski definition) is 1. The summed E-state index contributed by atoms with van der Waals surface area (Å²) in [6, 6.07) is 6.79. The molecule has 1 rings (SSSR count). The Morgan fingerprint density at radius 2 is 1.93 bits per heavy atom. The first kappa shape index (κ1) is 12.4. The molecular weight excluding hydrogens is 308 g/mol. The molecule has 0 aliphatic heterocycles. The lowest BCUT2D eigenvalue weighted by Crippen LogP contribution is -2.13. The van der Waals surface area contributed by atoms with Crippen LogP contribution in [0.1, 0.15) is 19.4 Å². The molecule has 0 aliphatic carbocycles. The van der Waals surface area contributed by atoms with Gasteiger partial charge in [0, 0.05) is 5.69 Å². The molecule has 0 fully saturated rings. The number of nitrogens with one attached hydrogen (secondary N) is 1. The molecule has 0 bridgehead atoms. The van der Waals surface area contributed by atoms with Crippen LogP contribution in [0.3, 0.4) is 0 Å². The van der Waals surface area contributed by atoms with Crippen molar-refractivity contribution in [1.29, 1.82) is 0 Å². The fourth-order valence-electron chi connectivity index (χ4n) is 1.14. The van der Waals surface area contributed by atoms with Crippen molar-refractivity contribution in [3.8, 4) is 0 Å². The summed E-state index contributed by atoms with van der Waals surface area (Å²) in [7, 11) is 0. The zero-order valence-corrected chi connectivity index (χ0v) is 10.8. The SMILES string of the molecule is CC(C)(F)c1ccc(NC(=O)CI)cc1. The summed E-state index contributed by atoms with van der Waals surface area (Å²) in [4.78, 5) is 11.1. The molecule has 0 saturated heterocycles. The number of hydrogen-bond donors (Lipinski definition) is 1. The Hall–Kier alpha value is -0.650. The molecule has 4 heteroatoms. The maximum absolute atomic E-state index is 13.5. The lowest BCUT2D eigenvalue weighted by molar-refractivity contribution is -0.113. The number of rotatable bonds is 3. The Kier molecular flexibility index (Phi) is 4.07. The highest BCUT2D eigenvalue weighted by atomic mass is 127. The molecule has 0 saturated carbocycles. The van der Waals surface area contributed by atoms with Gasteiger partial charge >= 0.3 is 0 Å². The van der Waals surface area contributed by atoms with Gasteiger partial charge in [-0.3, -0.25) is 4.79 Å². The predicted octanol–water partition coefficient (Wildman–Crippen LogP) is 3.26. The van der Waals surface area contributed by atoms with Crippen molar-refractivity contribution in [1.82, 2.24) is 0 Å². The van der Waals surface area contributed by atoms with Crippen molar-refractivity contribution in [3.63, 3.8) is 0 Å². The highest BCUT2D eigenvalue weighted by molar-refractivity contribution is 14.1. The van der Waals surface area contributed by atoms with E-state index in [1.807, 2.05) is 22.6 Å². The maximum Gasteiger partial charge on any atom is 0.234 e. The second-order valence-corrected chi connectivity index (χ2v) is 4.49. The number of halogens is 2. The van der Waals surface area contributed by atoms with Crippen LogP contribution in [0, 0.1) is 0 Å². The van der Waals surface area contributed by atoms with Crippen LogP contribution >= 0.6 is 22.6 Å². The summed E-state index contributed by atoms with van der Waals surface area (Å²) < 4.78 is 13.9. The van der Waals surface area contributed by atoms with Crippen molar-refractivity contribution in [2.45, 2.75) is 19.5 Å². The summed E-state index contributed by atoms with van der Waals surface area (Å²) >= 11 is 1.99. The van der Waals surface area contributed by atoms with Crippen LogP contribution in [0.25, 0.3) is 0 Å². The van der Waals surface area contributed by atoms with Gasteiger partial charge in [-0.05, 0) is 31.5 Å². The molecule has 0 heterocycles. The van der Waals surface area contributed by atoms with Crippen LogP contribution < -0.4 is 5.32 Å². The average molecular weight is 321 g/mol. The van der Waals surface area contributed by atoms with Gasteiger partial charge in [0.1, 0.15) is 5.67 Å². The molecule has 2 nitrogen and oxygen atoms in total. The van der Waals surface area contributed by atoms with Crippen molar-refractivity contribution < 1.29 is 9.18 Å². The first-order chi connectivity index (χ1) is 6.93.